The fourth-order valence-corrected chi connectivity index (χ4v) is 3.70. The quantitative estimate of drug-likeness (QED) is 0.753. The Morgan fingerprint density at radius 1 is 0.960 bits per heavy atom. The molecule has 0 saturated heterocycles. The number of ketones is 1. The molecule has 1 aliphatic carbocycles. The zero-order chi connectivity index (χ0) is 17.2. The van der Waals surface area contributed by atoms with Crippen molar-refractivity contribution in [2.24, 2.45) is 10.9 Å². The van der Waals surface area contributed by atoms with Gasteiger partial charge >= 0.3 is 0 Å². The van der Waals surface area contributed by atoms with Gasteiger partial charge in [0.15, 0.2) is 5.78 Å². The van der Waals surface area contributed by atoms with Crippen LogP contribution in [0.5, 0.6) is 11.5 Å². The van der Waals surface area contributed by atoms with Gasteiger partial charge in [0.25, 0.3) is 0 Å². The number of carbonyl (C=O) groups excluding carboxylic acids is 1. The van der Waals surface area contributed by atoms with Gasteiger partial charge in [-0.05, 0) is 56.0 Å². The monoisotopic (exact) mass is 331 g/mol. The Morgan fingerprint density at radius 2 is 1.68 bits per heavy atom. The molecule has 0 spiro atoms. The van der Waals surface area contributed by atoms with E-state index in [1.807, 2.05) is 61.5 Å². The van der Waals surface area contributed by atoms with Crippen LogP contribution < -0.4 is 4.74 Å². The van der Waals surface area contributed by atoms with E-state index in [-0.39, 0.29) is 11.7 Å². The summed E-state index contributed by atoms with van der Waals surface area (Å²) < 4.78 is 5.83. The molecule has 1 unspecified atom stereocenters. The maximum absolute atomic E-state index is 13.0. The third-order valence-electron chi connectivity index (χ3n) is 4.94. The van der Waals surface area contributed by atoms with Gasteiger partial charge in [0, 0.05) is 17.0 Å². The molecule has 2 aromatic carbocycles. The Balaban J connectivity index is 1.61. The lowest BCUT2D eigenvalue weighted by Gasteiger charge is -2.28. The molecular formula is C22H21NO2. The molecule has 0 N–H and O–H groups in total. The van der Waals surface area contributed by atoms with E-state index in [9.17, 15) is 4.79 Å². The van der Waals surface area contributed by atoms with E-state index >= 15 is 0 Å². The maximum Gasteiger partial charge on any atom is 0.173 e. The van der Waals surface area contributed by atoms with E-state index in [1.165, 1.54) is 0 Å². The molecule has 3 heteroatoms. The second-order valence-corrected chi connectivity index (χ2v) is 6.67. The first-order valence-corrected chi connectivity index (χ1v) is 8.88. The van der Waals surface area contributed by atoms with Crippen molar-refractivity contribution in [3.05, 3.63) is 65.9 Å². The van der Waals surface area contributed by atoms with Crippen LogP contribution in [-0.4, -0.2) is 11.5 Å². The third kappa shape index (κ3) is 3.14. The predicted molar refractivity (Wildman–Crippen MR) is 100.0 cm³/mol. The third-order valence-corrected chi connectivity index (χ3v) is 4.94. The molecule has 0 aromatic heterocycles. The van der Waals surface area contributed by atoms with Crippen LogP contribution in [-0.2, 0) is 4.79 Å². The summed E-state index contributed by atoms with van der Waals surface area (Å²) in [5.74, 6) is 1.79. The lowest BCUT2D eigenvalue weighted by Crippen LogP contribution is -2.31. The zero-order valence-electron chi connectivity index (χ0n) is 14.4. The van der Waals surface area contributed by atoms with Crippen molar-refractivity contribution >= 4 is 17.1 Å². The summed E-state index contributed by atoms with van der Waals surface area (Å²) in [5, 5.41) is 0. The van der Waals surface area contributed by atoms with Crippen molar-refractivity contribution in [2.45, 2.75) is 32.6 Å². The fraction of sp³-hybridized carbons (Fsp3) is 0.273. The summed E-state index contributed by atoms with van der Waals surface area (Å²) in [6.45, 7) is 1.94. The number of carbonyl (C=O) groups is 1. The Kier molecular flexibility index (Phi) is 4.22. The molecule has 1 fully saturated rings. The number of aliphatic imine (C=N–C) groups is 1. The molecule has 126 valence electrons. The average Bonchev–Trinajstić information content (AvgIpc) is 2.64. The van der Waals surface area contributed by atoms with Crippen molar-refractivity contribution in [1.29, 1.82) is 0 Å². The number of rotatable bonds is 3. The Bertz CT molecular complexity index is 847. The van der Waals surface area contributed by atoms with E-state index in [0.29, 0.717) is 0 Å². The van der Waals surface area contributed by atoms with E-state index < -0.39 is 0 Å². The van der Waals surface area contributed by atoms with Crippen molar-refractivity contribution in [1.82, 2.24) is 0 Å². The number of fused-ring (bicyclic) bond motifs is 1. The van der Waals surface area contributed by atoms with Crippen LogP contribution in [0.25, 0.3) is 5.57 Å². The lowest BCUT2D eigenvalue weighted by molar-refractivity contribution is -0.116. The molecule has 3 nitrogen and oxygen atoms in total. The van der Waals surface area contributed by atoms with Gasteiger partial charge in [-0.25, -0.2) is 0 Å². The van der Waals surface area contributed by atoms with Gasteiger partial charge in [-0.15, -0.1) is 0 Å². The molecule has 1 saturated carbocycles. The zero-order valence-corrected chi connectivity index (χ0v) is 14.4. The molecule has 2 aliphatic rings. The number of hydrogen-bond acceptors (Lipinski definition) is 3. The number of para-hydroxylation sites is 1. The largest absolute Gasteiger partial charge is 0.457 e. The van der Waals surface area contributed by atoms with Gasteiger partial charge in [0.2, 0.25) is 0 Å². The number of allylic oxidation sites excluding steroid dienone is 2. The summed E-state index contributed by atoms with van der Waals surface area (Å²) >= 11 is 0. The summed E-state index contributed by atoms with van der Waals surface area (Å²) in [7, 11) is 0. The van der Waals surface area contributed by atoms with Gasteiger partial charge < -0.3 is 4.74 Å². The predicted octanol–water partition coefficient (Wildman–Crippen LogP) is 5.42. The second kappa shape index (κ2) is 6.67. The topological polar surface area (TPSA) is 38.7 Å². The molecule has 2 aromatic rings. The highest BCUT2D eigenvalue weighted by Crippen LogP contribution is 2.35. The molecule has 25 heavy (non-hydrogen) atoms. The highest BCUT2D eigenvalue weighted by atomic mass is 16.5. The SMILES string of the molecule is CC1=C(c2ccc(Oc3ccccc3)cc2)C(=O)C2CCCCC2=N1. The van der Waals surface area contributed by atoms with Crippen molar-refractivity contribution in [3.8, 4) is 11.5 Å². The van der Waals surface area contributed by atoms with Gasteiger partial charge in [-0.2, -0.15) is 0 Å². The first kappa shape index (κ1) is 15.8. The van der Waals surface area contributed by atoms with Crippen LogP contribution in [0.15, 0.2) is 65.3 Å². The van der Waals surface area contributed by atoms with Crippen LogP contribution in [0.3, 0.4) is 0 Å². The van der Waals surface area contributed by atoms with Gasteiger partial charge in [-0.3, -0.25) is 9.79 Å². The minimum atomic E-state index is -0.00676. The maximum atomic E-state index is 13.0. The molecular weight excluding hydrogens is 310 g/mol. The molecule has 0 radical (unpaired) electrons. The van der Waals surface area contributed by atoms with Crippen molar-refractivity contribution < 1.29 is 9.53 Å². The number of hydrogen-bond donors (Lipinski definition) is 0. The van der Waals surface area contributed by atoms with Gasteiger partial charge in [0.1, 0.15) is 11.5 Å². The molecule has 1 atom stereocenters. The summed E-state index contributed by atoms with van der Waals surface area (Å²) in [4.78, 5) is 17.7. The molecule has 0 bridgehead atoms. The first-order chi connectivity index (χ1) is 12.2. The van der Waals surface area contributed by atoms with Crippen LogP contribution in [0, 0.1) is 5.92 Å². The standard InChI is InChI=1S/C22H21NO2/c1-15-21(22(24)19-9-5-6-10-20(19)23-15)16-11-13-18(14-12-16)25-17-7-3-2-4-8-17/h2-4,7-8,11-14,19H,5-6,9-10H2,1H3. The molecule has 1 aliphatic heterocycles. The lowest BCUT2D eigenvalue weighted by atomic mass is 9.78. The van der Waals surface area contributed by atoms with Crippen LogP contribution in [0.1, 0.15) is 38.2 Å². The van der Waals surface area contributed by atoms with E-state index in [2.05, 4.69) is 0 Å². The smallest absolute Gasteiger partial charge is 0.173 e. The normalized spacial score (nSPS) is 20.1. The van der Waals surface area contributed by atoms with E-state index in [1.54, 1.807) is 0 Å². The van der Waals surface area contributed by atoms with Crippen LogP contribution in [0.2, 0.25) is 0 Å². The van der Waals surface area contributed by atoms with Crippen LogP contribution in [0.4, 0.5) is 0 Å². The number of ether oxygens (including phenoxy) is 1. The van der Waals surface area contributed by atoms with E-state index in [0.717, 1.165) is 59.7 Å². The first-order valence-electron chi connectivity index (χ1n) is 8.88. The van der Waals surface area contributed by atoms with Gasteiger partial charge in [-0.1, -0.05) is 36.8 Å². The summed E-state index contributed by atoms with van der Waals surface area (Å²) in [5.41, 5.74) is 3.62. The Morgan fingerprint density at radius 3 is 2.44 bits per heavy atom. The molecule has 4 rings (SSSR count). The Labute approximate surface area is 148 Å². The molecule has 0 amide bonds. The minimum Gasteiger partial charge on any atom is -0.457 e. The van der Waals surface area contributed by atoms with Crippen LogP contribution >= 0.6 is 0 Å². The second-order valence-electron chi connectivity index (χ2n) is 6.67. The van der Waals surface area contributed by atoms with Gasteiger partial charge in [0.05, 0.1) is 5.92 Å². The minimum absolute atomic E-state index is 0.00676. The van der Waals surface area contributed by atoms with E-state index in [4.69, 9.17) is 9.73 Å². The highest BCUT2D eigenvalue weighted by Gasteiger charge is 2.34. The Hall–Kier alpha value is -2.68. The highest BCUT2D eigenvalue weighted by molar-refractivity contribution is 6.30. The van der Waals surface area contributed by atoms with Crippen molar-refractivity contribution in [2.75, 3.05) is 0 Å². The average molecular weight is 331 g/mol. The fourth-order valence-electron chi connectivity index (χ4n) is 3.70. The number of Topliss-reactive ketones (excluding diaryl/α,β-unsaturated/α-hetero) is 1. The summed E-state index contributed by atoms with van der Waals surface area (Å²) in [6, 6.07) is 17.4. The number of nitrogens with zero attached hydrogens (tertiary/aromatic N) is 1. The summed E-state index contributed by atoms with van der Waals surface area (Å²) in [6.07, 6.45) is 4.16. The van der Waals surface area contributed by atoms with Crippen molar-refractivity contribution in [3.63, 3.8) is 0 Å². The number of benzene rings is 2. The molecule has 1 heterocycles.